The van der Waals surface area contributed by atoms with Gasteiger partial charge in [-0.1, -0.05) is 45.0 Å². The fourth-order valence-corrected chi connectivity index (χ4v) is 2.30. The average Bonchev–Trinajstić information content (AvgIpc) is 2.64. The zero-order valence-corrected chi connectivity index (χ0v) is 15.7. The quantitative estimate of drug-likeness (QED) is 0.598. The summed E-state index contributed by atoms with van der Waals surface area (Å²) in [5, 5.41) is 0. The van der Waals surface area contributed by atoms with Crippen molar-refractivity contribution in [2.75, 3.05) is 13.2 Å². The molecule has 2 aromatic rings. The maximum Gasteiger partial charge on any atom is 0.338 e. The Morgan fingerprint density at radius 3 is 1.93 bits per heavy atom. The zero-order chi connectivity index (χ0) is 20.0. The first-order chi connectivity index (χ1) is 12.7. The number of ketones is 1. The molecule has 2 aromatic carbocycles. The second-order valence-electron chi connectivity index (χ2n) is 7.11. The van der Waals surface area contributed by atoms with Gasteiger partial charge in [-0.25, -0.2) is 4.79 Å². The summed E-state index contributed by atoms with van der Waals surface area (Å²) < 4.78 is 10.2. The molecule has 2 rings (SSSR count). The minimum atomic E-state index is -0.615. The number of ether oxygens (including phenoxy) is 2. The summed E-state index contributed by atoms with van der Waals surface area (Å²) in [6.07, 6.45) is 0. The number of hydrogen-bond acceptors (Lipinski definition) is 5. The molecule has 0 aliphatic rings. The first kappa shape index (κ1) is 20.2. The van der Waals surface area contributed by atoms with Crippen LogP contribution in [0.4, 0.5) is 0 Å². The Kier molecular flexibility index (Phi) is 6.34. The highest BCUT2D eigenvalue weighted by Gasteiger charge is 2.15. The van der Waals surface area contributed by atoms with E-state index in [4.69, 9.17) is 15.2 Å². The van der Waals surface area contributed by atoms with E-state index in [9.17, 15) is 14.4 Å². The molecular formula is C21H23NO5. The first-order valence-electron chi connectivity index (χ1n) is 8.49. The molecule has 27 heavy (non-hydrogen) atoms. The van der Waals surface area contributed by atoms with Crippen LogP contribution >= 0.6 is 0 Å². The van der Waals surface area contributed by atoms with Crippen LogP contribution in [-0.4, -0.2) is 30.9 Å². The molecule has 0 saturated heterocycles. The van der Waals surface area contributed by atoms with Crippen molar-refractivity contribution in [1.82, 2.24) is 0 Å². The lowest BCUT2D eigenvalue weighted by Crippen LogP contribution is -2.20. The van der Waals surface area contributed by atoms with Crippen molar-refractivity contribution in [2.45, 2.75) is 26.2 Å². The lowest BCUT2D eigenvalue weighted by molar-refractivity contribution is -0.119. The maximum absolute atomic E-state index is 12.2. The lowest BCUT2D eigenvalue weighted by atomic mass is 9.86. The number of Topliss-reactive ketones (excluding diaryl/α,β-unsaturated/α-hetero) is 1. The van der Waals surface area contributed by atoms with Gasteiger partial charge in [-0.15, -0.1) is 0 Å². The van der Waals surface area contributed by atoms with Gasteiger partial charge in [-0.3, -0.25) is 9.59 Å². The summed E-state index contributed by atoms with van der Waals surface area (Å²) >= 11 is 0. The van der Waals surface area contributed by atoms with Crippen LogP contribution in [0.1, 0.15) is 47.1 Å². The maximum atomic E-state index is 12.2. The monoisotopic (exact) mass is 369 g/mol. The molecule has 0 atom stereocenters. The predicted octanol–water partition coefficient (Wildman–Crippen LogP) is 2.89. The standard InChI is InChI=1S/C21H23NO5/c1-21(2,3)16-8-4-14(5-9-16)18(23)12-27-20(25)15-6-10-17(11-7-15)26-13-19(22)24/h4-11H,12-13H2,1-3H3,(H2,22,24). The second-order valence-corrected chi connectivity index (χ2v) is 7.11. The molecule has 0 saturated carbocycles. The van der Waals surface area contributed by atoms with Gasteiger partial charge in [0.15, 0.2) is 19.0 Å². The number of nitrogens with two attached hydrogens (primary N) is 1. The third-order valence-corrected chi connectivity index (χ3v) is 3.88. The Bertz CT molecular complexity index is 817. The van der Waals surface area contributed by atoms with Gasteiger partial charge in [0.25, 0.3) is 5.91 Å². The van der Waals surface area contributed by atoms with Crippen molar-refractivity contribution in [3.63, 3.8) is 0 Å². The van der Waals surface area contributed by atoms with Crippen LogP contribution in [0.2, 0.25) is 0 Å². The van der Waals surface area contributed by atoms with Gasteiger partial charge in [0.05, 0.1) is 5.56 Å². The second kappa shape index (κ2) is 8.49. The van der Waals surface area contributed by atoms with Gasteiger partial charge < -0.3 is 15.2 Å². The van der Waals surface area contributed by atoms with Crippen LogP contribution in [0.3, 0.4) is 0 Å². The van der Waals surface area contributed by atoms with Gasteiger partial charge in [0.2, 0.25) is 0 Å². The normalized spacial score (nSPS) is 10.9. The van der Waals surface area contributed by atoms with E-state index in [1.807, 2.05) is 12.1 Å². The van der Waals surface area contributed by atoms with Crippen LogP contribution in [0.15, 0.2) is 48.5 Å². The number of esters is 1. The van der Waals surface area contributed by atoms with E-state index in [0.29, 0.717) is 11.3 Å². The number of primary amides is 1. The summed E-state index contributed by atoms with van der Waals surface area (Å²) in [4.78, 5) is 34.9. The van der Waals surface area contributed by atoms with E-state index >= 15 is 0 Å². The Morgan fingerprint density at radius 1 is 0.852 bits per heavy atom. The van der Waals surface area contributed by atoms with E-state index in [2.05, 4.69) is 20.8 Å². The molecule has 0 aromatic heterocycles. The summed E-state index contributed by atoms with van der Waals surface area (Å²) in [5.74, 6) is -1.07. The fourth-order valence-electron chi connectivity index (χ4n) is 2.30. The lowest BCUT2D eigenvalue weighted by Gasteiger charge is -2.18. The van der Waals surface area contributed by atoms with Crippen molar-refractivity contribution in [3.8, 4) is 5.75 Å². The van der Waals surface area contributed by atoms with E-state index in [-0.39, 0.29) is 30.0 Å². The Labute approximate surface area is 158 Å². The van der Waals surface area contributed by atoms with Gasteiger partial charge >= 0.3 is 5.97 Å². The first-order valence-corrected chi connectivity index (χ1v) is 8.49. The highest BCUT2D eigenvalue weighted by atomic mass is 16.5. The predicted molar refractivity (Wildman–Crippen MR) is 101 cm³/mol. The SMILES string of the molecule is CC(C)(C)c1ccc(C(=O)COC(=O)c2ccc(OCC(N)=O)cc2)cc1. The highest BCUT2D eigenvalue weighted by molar-refractivity contribution is 5.99. The zero-order valence-electron chi connectivity index (χ0n) is 15.7. The molecule has 0 aliphatic carbocycles. The molecule has 0 spiro atoms. The smallest absolute Gasteiger partial charge is 0.338 e. The van der Waals surface area contributed by atoms with Crippen molar-refractivity contribution < 1.29 is 23.9 Å². The van der Waals surface area contributed by atoms with E-state index < -0.39 is 11.9 Å². The van der Waals surface area contributed by atoms with Crippen LogP contribution in [-0.2, 0) is 14.9 Å². The molecule has 6 nitrogen and oxygen atoms in total. The van der Waals surface area contributed by atoms with Crippen LogP contribution in [0, 0.1) is 0 Å². The molecule has 0 radical (unpaired) electrons. The largest absolute Gasteiger partial charge is 0.484 e. The molecule has 0 unspecified atom stereocenters. The Morgan fingerprint density at radius 2 is 1.41 bits per heavy atom. The van der Waals surface area contributed by atoms with Crippen LogP contribution in [0.5, 0.6) is 5.75 Å². The third kappa shape index (κ3) is 5.95. The topological polar surface area (TPSA) is 95.7 Å². The molecule has 0 fully saturated rings. The summed E-state index contributed by atoms with van der Waals surface area (Å²) in [6.45, 7) is 5.70. The average molecular weight is 369 g/mol. The number of carbonyl (C=O) groups excluding carboxylic acids is 3. The summed E-state index contributed by atoms with van der Waals surface area (Å²) in [6, 6.07) is 13.3. The van der Waals surface area contributed by atoms with E-state index in [1.165, 1.54) is 24.3 Å². The summed E-state index contributed by atoms with van der Waals surface area (Å²) in [5.41, 5.74) is 6.88. The van der Waals surface area contributed by atoms with Crippen molar-refractivity contribution >= 4 is 17.7 Å². The molecular weight excluding hydrogens is 346 g/mol. The fraction of sp³-hybridized carbons (Fsp3) is 0.286. The highest BCUT2D eigenvalue weighted by Crippen LogP contribution is 2.22. The Balaban J connectivity index is 1.91. The third-order valence-electron chi connectivity index (χ3n) is 3.88. The number of hydrogen-bond donors (Lipinski definition) is 1. The molecule has 1 amide bonds. The van der Waals surface area contributed by atoms with Gasteiger partial charge in [0.1, 0.15) is 5.75 Å². The van der Waals surface area contributed by atoms with Crippen molar-refractivity contribution in [1.29, 1.82) is 0 Å². The minimum absolute atomic E-state index is 0.00135. The van der Waals surface area contributed by atoms with Gasteiger partial charge in [0, 0.05) is 5.56 Å². The molecule has 0 heterocycles. The van der Waals surface area contributed by atoms with Crippen LogP contribution < -0.4 is 10.5 Å². The number of benzene rings is 2. The number of carbonyl (C=O) groups is 3. The van der Waals surface area contributed by atoms with Gasteiger partial charge in [-0.05, 0) is 35.2 Å². The summed E-state index contributed by atoms with van der Waals surface area (Å²) in [7, 11) is 0. The molecule has 2 N–H and O–H groups in total. The van der Waals surface area contributed by atoms with Crippen molar-refractivity contribution in [3.05, 3.63) is 65.2 Å². The number of amides is 1. The molecule has 6 heteroatoms. The molecule has 0 bridgehead atoms. The van der Waals surface area contributed by atoms with E-state index in [0.717, 1.165) is 5.56 Å². The van der Waals surface area contributed by atoms with Crippen LogP contribution in [0.25, 0.3) is 0 Å². The minimum Gasteiger partial charge on any atom is -0.484 e. The Hall–Kier alpha value is -3.15. The number of rotatable bonds is 7. The molecule has 0 aliphatic heterocycles. The van der Waals surface area contributed by atoms with Crippen molar-refractivity contribution in [2.24, 2.45) is 5.73 Å². The van der Waals surface area contributed by atoms with Gasteiger partial charge in [-0.2, -0.15) is 0 Å². The molecule has 142 valence electrons. The van der Waals surface area contributed by atoms with E-state index in [1.54, 1.807) is 12.1 Å².